The van der Waals surface area contributed by atoms with E-state index in [1.807, 2.05) is 36.4 Å². The van der Waals surface area contributed by atoms with Gasteiger partial charge in [0.1, 0.15) is 0 Å². The van der Waals surface area contributed by atoms with Gasteiger partial charge in [0.05, 0.1) is 39.6 Å². The maximum absolute atomic E-state index is 16.1. The Hall–Kier alpha value is -5.31. The van der Waals surface area contributed by atoms with Gasteiger partial charge in [-0.15, -0.1) is 0 Å². The molecule has 0 aliphatic heterocycles. The van der Waals surface area contributed by atoms with Gasteiger partial charge in [-0.2, -0.15) is 0 Å². The average molecular weight is 1490 g/mol. The van der Waals surface area contributed by atoms with Gasteiger partial charge in [-0.25, -0.2) is 0 Å². The highest BCUT2D eigenvalue weighted by Gasteiger charge is 2.30. The molecule has 0 radical (unpaired) electrons. The van der Waals surface area contributed by atoms with Crippen LogP contribution in [0, 0.1) is 0 Å². The molecule has 0 amide bonds. The highest BCUT2D eigenvalue weighted by atomic mass is 16.5. The van der Waals surface area contributed by atoms with E-state index in [4.69, 9.17) is 28.4 Å². The Morgan fingerprint density at radius 2 is 0.278 bits per heavy atom. The van der Waals surface area contributed by atoms with Gasteiger partial charge in [0.2, 0.25) is 0 Å². The zero-order chi connectivity index (χ0) is 76.3. The Kier molecular flexibility index (Phi) is 46.6. The first-order chi connectivity index (χ1) is 53.3. The number of fused-ring (bicyclic) bond motifs is 12. The first kappa shape index (κ1) is 89.9. The van der Waals surface area contributed by atoms with Crippen LogP contribution in [0.3, 0.4) is 0 Å². The van der Waals surface area contributed by atoms with Gasteiger partial charge in [-0.05, 0) is 91.1 Å². The Balaban J connectivity index is 1.31. The van der Waals surface area contributed by atoms with Gasteiger partial charge in [0.25, 0.3) is 0 Å². The Labute approximate surface area is 657 Å². The minimum Gasteiger partial charge on any atom is -0.490 e. The molecular weight excluding hydrogens is 1330 g/mol. The monoisotopic (exact) mass is 1490 g/mol. The van der Waals surface area contributed by atoms with Crippen molar-refractivity contribution >= 4 is 64.6 Å². The molecule has 0 aliphatic carbocycles. The number of hydrogen-bond donors (Lipinski definition) is 0. The van der Waals surface area contributed by atoms with Crippen molar-refractivity contribution in [2.24, 2.45) is 0 Å². The van der Waals surface area contributed by atoms with E-state index in [1.165, 1.54) is 308 Å². The minimum atomic E-state index is -0.220. The third-order valence-corrected chi connectivity index (χ3v) is 23.5. The smallest absolute Gasteiger partial charge is 0.195 e. The second-order valence-electron chi connectivity index (χ2n) is 33.0. The SMILES string of the molecule is CCCCCCCCCCCCCCOc1cc2c(=O)c3c(c2cc1OCCCCCCCCCC)c1c(=O)c2cc(OCCCCCCCCCCCCCC)c(OCCCCCCCCCC)cc2c1c1c(=O)c2cc(OCCCCCCCCCCCCCC)c(OCCCCCCCCCC)cc2c31. The van der Waals surface area contributed by atoms with Gasteiger partial charge in [0.15, 0.2) is 50.8 Å². The number of ether oxygens (including phenoxy) is 6. The van der Waals surface area contributed by atoms with Crippen LogP contribution in [-0.4, -0.2) is 39.6 Å². The maximum Gasteiger partial charge on any atom is 0.195 e. The predicted octanol–water partition coefficient (Wildman–Crippen LogP) is 30.8. The fourth-order valence-electron chi connectivity index (χ4n) is 16.8. The second kappa shape index (κ2) is 56.0. The fourth-order valence-corrected chi connectivity index (χ4v) is 16.8. The topological polar surface area (TPSA) is 107 Å². The molecule has 0 spiro atoms. The van der Waals surface area contributed by atoms with E-state index >= 15 is 14.4 Å². The molecule has 606 valence electrons. The summed E-state index contributed by atoms with van der Waals surface area (Å²) in [5.41, 5.74) is -0.659. The molecule has 0 N–H and O–H groups in total. The summed E-state index contributed by atoms with van der Waals surface area (Å²) in [7, 11) is 0. The van der Waals surface area contributed by atoms with Gasteiger partial charge >= 0.3 is 0 Å². The van der Waals surface area contributed by atoms with Gasteiger partial charge in [-0.3, -0.25) is 14.4 Å². The van der Waals surface area contributed by atoms with E-state index < -0.39 is 0 Å². The van der Waals surface area contributed by atoms with E-state index in [0.717, 1.165) is 77.0 Å². The van der Waals surface area contributed by atoms with Crippen LogP contribution in [0.5, 0.6) is 34.5 Å². The number of rotatable bonds is 72. The van der Waals surface area contributed by atoms with Gasteiger partial charge in [0, 0.05) is 48.5 Å². The van der Waals surface area contributed by atoms with Crippen molar-refractivity contribution in [3.05, 3.63) is 67.1 Å². The molecule has 7 rings (SSSR count). The fraction of sp³-hybridized carbons (Fsp3) is 0.727. The molecule has 9 nitrogen and oxygen atoms in total. The lowest BCUT2D eigenvalue weighted by molar-refractivity contribution is 0.259. The first-order valence-corrected chi connectivity index (χ1v) is 46.5. The summed E-state index contributed by atoms with van der Waals surface area (Å²) in [6.07, 6.45) is 73.3. The summed E-state index contributed by atoms with van der Waals surface area (Å²) in [6.45, 7) is 16.7. The molecule has 0 atom stereocenters. The average Bonchev–Trinajstić information content (AvgIpc) is 1.51. The van der Waals surface area contributed by atoms with E-state index in [0.29, 0.717) is 139 Å². The van der Waals surface area contributed by atoms with Crippen LogP contribution >= 0.6 is 0 Å². The molecule has 0 saturated heterocycles. The molecule has 108 heavy (non-hydrogen) atoms. The van der Waals surface area contributed by atoms with Gasteiger partial charge < -0.3 is 28.4 Å². The maximum atomic E-state index is 16.1. The molecule has 0 fully saturated rings. The largest absolute Gasteiger partial charge is 0.490 e. The van der Waals surface area contributed by atoms with Gasteiger partial charge in [-0.1, -0.05) is 388 Å². The molecule has 7 aromatic carbocycles. The van der Waals surface area contributed by atoms with Crippen LogP contribution in [0.4, 0.5) is 0 Å². The van der Waals surface area contributed by atoms with Crippen molar-refractivity contribution in [3.8, 4) is 34.5 Å². The van der Waals surface area contributed by atoms with Crippen LogP contribution < -0.4 is 44.7 Å². The second-order valence-corrected chi connectivity index (χ2v) is 33.0. The molecular formula is C99H156O9. The van der Waals surface area contributed by atoms with Crippen LogP contribution in [0.25, 0.3) is 64.6 Å². The number of unbranched alkanes of at least 4 members (excludes halogenated alkanes) is 54. The van der Waals surface area contributed by atoms with Crippen molar-refractivity contribution < 1.29 is 28.4 Å². The minimum absolute atomic E-state index is 0.220. The zero-order valence-electron chi connectivity index (χ0n) is 70.3. The molecule has 0 heterocycles. The van der Waals surface area contributed by atoms with E-state index in [-0.39, 0.29) is 16.3 Å². The molecule has 0 aromatic heterocycles. The van der Waals surface area contributed by atoms with Crippen LogP contribution in [-0.2, 0) is 0 Å². The quantitative estimate of drug-likeness (QED) is 0.0345. The summed E-state index contributed by atoms with van der Waals surface area (Å²) < 4.78 is 41.0. The first-order valence-electron chi connectivity index (χ1n) is 46.5. The summed E-state index contributed by atoms with van der Waals surface area (Å²) in [5, 5.41) is 6.14. The van der Waals surface area contributed by atoms with Crippen molar-refractivity contribution in [1.29, 1.82) is 0 Å². The standard InChI is InChI=1S/C99H156O9/c1-7-13-19-25-31-37-40-43-46-52-58-64-70-106-88-76-82-79(73-85(88)103-67-61-55-49-34-28-22-16-10-4)91-94(97(82)100)92-80-74-86(104-68-62-56-50-35-29-23-17-11-5)89(107-71-65-59-53-47-44-41-38-32-26-20-14-8-2)77-83(80)99(102)96(92)93-81-75-87(105-69-63-57-51-36-30-24-18-12-6)90(78-84(81)98(101)95(91)93)108-72-66-60-54-48-45-42-39-33-27-21-15-9-3/h73-78H,7-72H2,1-6H3. The normalized spacial score (nSPS) is 11.9. The molecule has 0 saturated carbocycles. The molecule has 0 aliphatic rings. The molecule has 7 aromatic rings. The van der Waals surface area contributed by atoms with Crippen molar-refractivity contribution in [1.82, 2.24) is 0 Å². The molecule has 0 unspecified atom stereocenters. The third kappa shape index (κ3) is 30.6. The summed E-state index contributed by atoms with van der Waals surface area (Å²) in [5.74, 6) is 3.41. The van der Waals surface area contributed by atoms with Crippen LogP contribution in [0.1, 0.15) is 427 Å². The highest BCUT2D eigenvalue weighted by molar-refractivity contribution is 6.43. The van der Waals surface area contributed by atoms with E-state index in [1.54, 1.807) is 0 Å². The van der Waals surface area contributed by atoms with E-state index in [9.17, 15) is 0 Å². The van der Waals surface area contributed by atoms with Crippen molar-refractivity contribution in [2.45, 2.75) is 427 Å². The summed E-state index contributed by atoms with van der Waals surface area (Å²) in [4.78, 5) is 48.4. The molecule has 0 bridgehead atoms. The Morgan fingerprint density at radius 1 is 0.157 bits per heavy atom. The summed E-state index contributed by atoms with van der Waals surface area (Å²) >= 11 is 0. The number of benzene rings is 4. The Bertz CT molecular complexity index is 3240. The van der Waals surface area contributed by atoms with Crippen molar-refractivity contribution in [2.75, 3.05) is 39.6 Å². The number of hydrogen-bond acceptors (Lipinski definition) is 9. The molecule has 9 heteroatoms. The zero-order valence-corrected chi connectivity index (χ0v) is 70.3. The lowest BCUT2D eigenvalue weighted by Gasteiger charge is -2.14. The van der Waals surface area contributed by atoms with Crippen molar-refractivity contribution in [3.63, 3.8) is 0 Å². The van der Waals surface area contributed by atoms with Crippen LogP contribution in [0.15, 0.2) is 50.8 Å². The highest BCUT2D eigenvalue weighted by Crippen LogP contribution is 2.48. The lowest BCUT2D eigenvalue weighted by Crippen LogP contribution is -2.04. The Morgan fingerprint density at radius 3 is 0.417 bits per heavy atom. The van der Waals surface area contributed by atoms with E-state index in [2.05, 4.69) is 41.5 Å². The van der Waals surface area contributed by atoms with Crippen LogP contribution in [0.2, 0.25) is 0 Å². The third-order valence-electron chi connectivity index (χ3n) is 23.5. The lowest BCUT2D eigenvalue weighted by atomic mass is 9.99. The summed E-state index contributed by atoms with van der Waals surface area (Å²) in [6, 6.07) is 11.7. The predicted molar refractivity (Wildman–Crippen MR) is 468 cm³/mol.